The second-order valence-corrected chi connectivity index (χ2v) is 8.13. The fourth-order valence-corrected chi connectivity index (χ4v) is 4.62. The van der Waals surface area contributed by atoms with Gasteiger partial charge in [0.05, 0.1) is 15.3 Å². The van der Waals surface area contributed by atoms with Gasteiger partial charge in [-0.05, 0) is 50.8 Å². The summed E-state index contributed by atoms with van der Waals surface area (Å²) in [5.74, 6) is 1.97. The number of carbonyl (C=O) groups excluding carboxylic acids is 1. The van der Waals surface area contributed by atoms with Crippen molar-refractivity contribution in [3.63, 3.8) is 0 Å². The molecule has 0 aliphatic carbocycles. The minimum absolute atomic E-state index is 0.187. The van der Waals surface area contributed by atoms with Gasteiger partial charge in [0.2, 0.25) is 0 Å². The molecule has 8 heteroatoms. The number of piperidine rings is 1. The highest BCUT2D eigenvalue weighted by Crippen LogP contribution is 2.36. The molecule has 1 saturated heterocycles. The van der Waals surface area contributed by atoms with Crippen LogP contribution >= 0.6 is 22.9 Å². The maximum absolute atomic E-state index is 12.8. The van der Waals surface area contributed by atoms with Crippen LogP contribution in [0.15, 0.2) is 18.3 Å². The highest BCUT2D eigenvalue weighted by molar-refractivity contribution is 7.20. The number of fused-ring (bicyclic) bond motifs is 1. The average Bonchev–Trinajstić information content (AvgIpc) is 3.00. The van der Waals surface area contributed by atoms with Gasteiger partial charge in [-0.25, -0.2) is 15.0 Å². The summed E-state index contributed by atoms with van der Waals surface area (Å²) in [6.07, 6.45) is 5.11. The number of aryl methyl sites for hydroxylation is 2. The van der Waals surface area contributed by atoms with Crippen LogP contribution in [0.25, 0.3) is 10.2 Å². The van der Waals surface area contributed by atoms with Crippen LogP contribution in [0.3, 0.4) is 0 Å². The topological polar surface area (TPSA) is 71.0 Å². The van der Waals surface area contributed by atoms with Gasteiger partial charge in [0.15, 0.2) is 0 Å². The Labute approximate surface area is 166 Å². The normalized spacial score (nSPS) is 14.6. The van der Waals surface area contributed by atoms with Gasteiger partial charge in [-0.1, -0.05) is 11.6 Å². The molecule has 1 N–H and O–H groups in total. The molecule has 3 aromatic rings. The van der Waals surface area contributed by atoms with Crippen LogP contribution in [0.4, 0.5) is 11.6 Å². The lowest BCUT2D eigenvalue weighted by Gasteiger charge is -2.28. The molecule has 0 unspecified atom stereocenters. The number of hydrogen-bond acceptors (Lipinski definition) is 6. The van der Waals surface area contributed by atoms with Crippen molar-refractivity contribution < 1.29 is 4.79 Å². The summed E-state index contributed by atoms with van der Waals surface area (Å²) in [7, 11) is 0. The number of hydrogen-bond donors (Lipinski definition) is 1. The van der Waals surface area contributed by atoms with Crippen LogP contribution in [0.5, 0.6) is 0 Å². The molecule has 140 valence electrons. The summed E-state index contributed by atoms with van der Waals surface area (Å²) in [4.78, 5) is 30.1. The van der Waals surface area contributed by atoms with Crippen molar-refractivity contribution in [1.82, 2.24) is 15.0 Å². The molecule has 0 atom stereocenters. The Balaban J connectivity index is 1.72. The molecule has 0 bridgehead atoms. The van der Waals surface area contributed by atoms with E-state index < -0.39 is 0 Å². The first-order valence-electron chi connectivity index (χ1n) is 8.98. The average molecular weight is 402 g/mol. The summed E-state index contributed by atoms with van der Waals surface area (Å²) in [5, 5.41) is 4.36. The summed E-state index contributed by atoms with van der Waals surface area (Å²) in [5.41, 5.74) is 0.919. The van der Waals surface area contributed by atoms with Gasteiger partial charge in [-0.2, -0.15) is 0 Å². The van der Waals surface area contributed by atoms with Crippen LogP contribution < -0.4 is 10.2 Å². The highest BCUT2D eigenvalue weighted by atomic mass is 35.5. The summed E-state index contributed by atoms with van der Waals surface area (Å²) < 4.78 is 0. The molecule has 4 heterocycles. The van der Waals surface area contributed by atoms with Crippen molar-refractivity contribution in [3.05, 3.63) is 39.6 Å². The van der Waals surface area contributed by atoms with E-state index in [2.05, 4.69) is 20.2 Å². The number of halogens is 1. The van der Waals surface area contributed by atoms with Gasteiger partial charge in [0.25, 0.3) is 5.91 Å². The van der Waals surface area contributed by atoms with Crippen LogP contribution in [-0.2, 0) is 0 Å². The quantitative estimate of drug-likeness (QED) is 0.694. The summed E-state index contributed by atoms with van der Waals surface area (Å²) in [6, 6.07) is 3.39. The van der Waals surface area contributed by atoms with Crippen molar-refractivity contribution >= 4 is 50.7 Å². The van der Waals surface area contributed by atoms with Gasteiger partial charge >= 0.3 is 0 Å². The fourth-order valence-electron chi connectivity index (χ4n) is 3.40. The Kier molecular flexibility index (Phi) is 4.97. The number of nitrogens with one attached hydrogen (secondary N) is 1. The Bertz CT molecular complexity index is 995. The van der Waals surface area contributed by atoms with Crippen LogP contribution in [0.1, 0.15) is 40.3 Å². The Morgan fingerprint density at radius 3 is 2.67 bits per heavy atom. The van der Waals surface area contributed by atoms with Gasteiger partial charge in [-0.15, -0.1) is 11.3 Å². The maximum atomic E-state index is 12.8. The lowest BCUT2D eigenvalue weighted by Crippen LogP contribution is -2.30. The molecular weight excluding hydrogens is 382 g/mol. The summed E-state index contributed by atoms with van der Waals surface area (Å²) in [6.45, 7) is 5.86. The van der Waals surface area contributed by atoms with Crippen LogP contribution in [0.2, 0.25) is 5.02 Å². The second-order valence-electron chi connectivity index (χ2n) is 6.69. The van der Waals surface area contributed by atoms with Crippen molar-refractivity contribution in [1.29, 1.82) is 0 Å². The summed E-state index contributed by atoms with van der Waals surface area (Å²) >= 11 is 7.26. The van der Waals surface area contributed by atoms with E-state index in [0.29, 0.717) is 15.7 Å². The first-order valence-corrected chi connectivity index (χ1v) is 10.2. The maximum Gasteiger partial charge on any atom is 0.267 e. The van der Waals surface area contributed by atoms with E-state index in [-0.39, 0.29) is 5.91 Å². The van der Waals surface area contributed by atoms with E-state index in [9.17, 15) is 4.79 Å². The molecular formula is C19H20ClN5OS. The van der Waals surface area contributed by atoms with Crippen LogP contribution in [0, 0.1) is 13.8 Å². The number of nitrogens with zero attached hydrogens (tertiary/aromatic N) is 4. The van der Waals surface area contributed by atoms with Gasteiger partial charge in [0.1, 0.15) is 22.3 Å². The fraction of sp³-hybridized carbons (Fsp3) is 0.368. The van der Waals surface area contributed by atoms with Crippen molar-refractivity contribution in [2.45, 2.75) is 33.1 Å². The third-order valence-electron chi connectivity index (χ3n) is 4.71. The Hall–Kier alpha value is -2.25. The highest BCUT2D eigenvalue weighted by Gasteiger charge is 2.23. The molecule has 0 saturated carbocycles. The molecule has 1 aliphatic heterocycles. The molecule has 1 fully saturated rings. The lowest BCUT2D eigenvalue weighted by molar-refractivity contribution is 0.102. The zero-order valence-corrected chi connectivity index (χ0v) is 16.8. The monoisotopic (exact) mass is 401 g/mol. The zero-order chi connectivity index (χ0) is 19.0. The molecule has 0 spiro atoms. The standard InChI is InChI=1S/C19H20ClN5OS/c1-11-15-17(25-8-4-3-5-9-25)22-12(2)23-19(15)27-16(11)18(26)24-14-7-6-13(20)10-21-14/h6-7,10H,3-5,8-9H2,1-2H3,(H,21,24,26). The van der Waals surface area contributed by atoms with Gasteiger partial charge in [-0.3, -0.25) is 4.79 Å². The largest absolute Gasteiger partial charge is 0.356 e. The van der Waals surface area contributed by atoms with Crippen LogP contribution in [-0.4, -0.2) is 33.9 Å². The molecule has 1 aliphatic rings. The molecule has 4 rings (SSSR count). The number of pyridine rings is 1. The number of thiophene rings is 1. The number of rotatable bonds is 3. The number of aromatic nitrogens is 3. The number of anilines is 2. The third-order valence-corrected chi connectivity index (χ3v) is 6.12. The van der Waals surface area contributed by atoms with Crippen molar-refractivity contribution in [2.24, 2.45) is 0 Å². The van der Waals surface area contributed by atoms with Crippen molar-refractivity contribution in [3.8, 4) is 0 Å². The van der Waals surface area contributed by atoms with E-state index in [1.165, 1.54) is 36.8 Å². The van der Waals surface area contributed by atoms with Gasteiger partial charge in [0, 0.05) is 19.3 Å². The first-order chi connectivity index (χ1) is 13.0. The SMILES string of the molecule is Cc1nc(N2CCCCC2)c2c(C)c(C(=O)Nc3ccc(Cl)cn3)sc2n1. The molecule has 3 aromatic heterocycles. The minimum Gasteiger partial charge on any atom is -0.356 e. The molecule has 0 radical (unpaired) electrons. The second kappa shape index (κ2) is 7.40. The third kappa shape index (κ3) is 3.61. The smallest absolute Gasteiger partial charge is 0.267 e. The van der Waals surface area contributed by atoms with Crippen molar-refractivity contribution in [2.75, 3.05) is 23.3 Å². The number of carbonyl (C=O) groups is 1. The lowest BCUT2D eigenvalue weighted by atomic mass is 10.1. The zero-order valence-electron chi connectivity index (χ0n) is 15.3. The van der Waals surface area contributed by atoms with E-state index in [4.69, 9.17) is 16.6 Å². The Morgan fingerprint density at radius 1 is 1.19 bits per heavy atom. The van der Waals surface area contributed by atoms with E-state index in [1.807, 2.05) is 13.8 Å². The predicted molar refractivity (Wildman–Crippen MR) is 110 cm³/mol. The van der Waals surface area contributed by atoms with E-state index >= 15 is 0 Å². The van der Waals surface area contributed by atoms with E-state index in [1.54, 1.807) is 12.1 Å². The molecule has 1 amide bonds. The molecule has 27 heavy (non-hydrogen) atoms. The number of amides is 1. The first kappa shape index (κ1) is 18.1. The Morgan fingerprint density at radius 2 is 1.96 bits per heavy atom. The predicted octanol–water partition coefficient (Wildman–Crippen LogP) is 4.60. The van der Waals surface area contributed by atoms with Gasteiger partial charge < -0.3 is 10.2 Å². The van der Waals surface area contributed by atoms with E-state index in [0.717, 1.165) is 40.5 Å². The molecule has 0 aromatic carbocycles. The molecule has 6 nitrogen and oxygen atoms in total. The minimum atomic E-state index is -0.187.